The highest BCUT2D eigenvalue weighted by atomic mass is 32.2. The average molecular weight is 253 g/mol. The molecule has 0 aromatic carbocycles. The van der Waals surface area contributed by atoms with E-state index >= 15 is 0 Å². The van der Waals surface area contributed by atoms with Gasteiger partial charge in [0, 0.05) is 25.5 Å². The highest BCUT2D eigenvalue weighted by Gasteiger charge is 2.19. The number of amidine groups is 1. The standard InChI is InChI=1S/C11H15N3O2S/c1-9-5-10(7-12-6-9)17(15,16)8-11-13-3-2-4-14-11/h5-7H,2-4,8H2,1H3,(H,13,14). The van der Waals surface area contributed by atoms with Crippen LogP contribution in [-0.4, -0.2) is 38.1 Å². The summed E-state index contributed by atoms with van der Waals surface area (Å²) in [6.07, 6.45) is 3.97. The van der Waals surface area contributed by atoms with Gasteiger partial charge in [0.05, 0.1) is 4.90 Å². The summed E-state index contributed by atoms with van der Waals surface area (Å²) >= 11 is 0. The molecule has 2 rings (SSSR count). The molecule has 1 aliphatic rings. The van der Waals surface area contributed by atoms with E-state index < -0.39 is 9.84 Å². The molecule has 0 saturated heterocycles. The van der Waals surface area contributed by atoms with E-state index in [1.165, 1.54) is 6.20 Å². The van der Waals surface area contributed by atoms with Gasteiger partial charge in [-0.25, -0.2) is 8.42 Å². The smallest absolute Gasteiger partial charge is 0.187 e. The summed E-state index contributed by atoms with van der Waals surface area (Å²) in [6.45, 7) is 3.31. The van der Waals surface area contributed by atoms with E-state index in [-0.39, 0.29) is 10.6 Å². The summed E-state index contributed by atoms with van der Waals surface area (Å²) in [5.41, 5.74) is 0.838. The lowest BCUT2D eigenvalue weighted by Gasteiger charge is -2.14. The molecule has 17 heavy (non-hydrogen) atoms. The summed E-state index contributed by atoms with van der Waals surface area (Å²) in [4.78, 5) is 8.33. The number of nitrogens with one attached hydrogen (secondary N) is 1. The number of aliphatic imine (C=N–C) groups is 1. The topological polar surface area (TPSA) is 71.4 Å². The Hall–Kier alpha value is -1.43. The van der Waals surface area contributed by atoms with Gasteiger partial charge in [-0.2, -0.15) is 0 Å². The van der Waals surface area contributed by atoms with Crippen LogP contribution in [0.3, 0.4) is 0 Å². The van der Waals surface area contributed by atoms with Crippen molar-refractivity contribution in [1.82, 2.24) is 10.3 Å². The first-order valence-corrected chi connectivity index (χ1v) is 7.15. The molecule has 0 radical (unpaired) electrons. The Morgan fingerprint density at radius 1 is 1.41 bits per heavy atom. The van der Waals surface area contributed by atoms with Crippen LogP contribution in [0.1, 0.15) is 12.0 Å². The third-order valence-electron chi connectivity index (χ3n) is 2.50. The summed E-state index contributed by atoms with van der Waals surface area (Å²) in [6, 6.07) is 1.63. The number of nitrogens with zero attached hydrogens (tertiary/aromatic N) is 2. The van der Waals surface area contributed by atoms with Crippen LogP contribution < -0.4 is 5.32 Å². The molecule has 0 fully saturated rings. The van der Waals surface area contributed by atoms with Crippen molar-refractivity contribution in [1.29, 1.82) is 0 Å². The van der Waals surface area contributed by atoms with Crippen LogP contribution in [-0.2, 0) is 9.84 Å². The summed E-state index contributed by atoms with van der Waals surface area (Å²) in [5.74, 6) is 0.482. The van der Waals surface area contributed by atoms with E-state index in [1.807, 2.05) is 6.92 Å². The molecule has 1 aromatic rings. The molecule has 1 aliphatic heterocycles. The van der Waals surface area contributed by atoms with E-state index in [0.717, 1.165) is 18.5 Å². The molecule has 0 atom stereocenters. The molecular formula is C11H15N3O2S. The quantitative estimate of drug-likeness (QED) is 0.854. The average Bonchev–Trinajstić information content (AvgIpc) is 2.30. The third-order valence-corrected chi connectivity index (χ3v) is 4.10. The van der Waals surface area contributed by atoms with Gasteiger partial charge in [-0.15, -0.1) is 0 Å². The fourth-order valence-electron chi connectivity index (χ4n) is 1.64. The van der Waals surface area contributed by atoms with E-state index in [2.05, 4.69) is 15.3 Å². The SMILES string of the molecule is Cc1cncc(S(=O)(=O)CC2=NCCCN2)c1. The van der Waals surface area contributed by atoms with Crippen LogP contribution in [0, 0.1) is 6.92 Å². The van der Waals surface area contributed by atoms with E-state index in [4.69, 9.17) is 0 Å². The number of rotatable bonds is 3. The Morgan fingerprint density at radius 2 is 2.24 bits per heavy atom. The zero-order valence-corrected chi connectivity index (χ0v) is 10.5. The first-order valence-electron chi connectivity index (χ1n) is 5.49. The minimum Gasteiger partial charge on any atom is -0.373 e. The molecule has 92 valence electrons. The van der Waals surface area contributed by atoms with Crippen molar-refractivity contribution in [3.05, 3.63) is 24.0 Å². The van der Waals surface area contributed by atoms with Gasteiger partial charge in [0.2, 0.25) is 0 Å². The molecule has 5 nitrogen and oxygen atoms in total. The zero-order chi connectivity index (χ0) is 12.3. The lowest BCUT2D eigenvalue weighted by atomic mass is 10.3. The zero-order valence-electron chi connectivity index (χ0n) is 9.68. The fourth-order valence-corrected chi connectivity index (χ4v) is 2.95. The second kappa shape index (κ2) is 4.83. The van der Waals surface area contributed by atoms with Crippen LogP contribution in [0.5, 0.6) is 0 Å². The molecule has 2 heterocycles. The van der Waals surface area contributed by atoms with Gasteiger partial charge in [-0.1, -0.05) is 0 Å². The van der Waals surface area contributed by atoms with Crippen molar-refractivity contribution < 1.29 is 8.42 Å². The van der Waals surface area contributed by atoms with Gasteiger partial charge < -0.3 is 5.32 Å². The molecule has 0 spiro atoms. The molecule has 0 unspecified atom stereocenters. The molecule has 0 bridgehead atoms. The Morgan fingerprint density at radius 3 is 2.88 bits per heavy atom. The molecule has 0 amide bonds. The van der Waals surface area contributed by atoms with Crippen LogP contribution >= 0.6 is 0 Å². The van der Waals surface area contributed by atoms with E-state index in [9.17, 15) is 8.42 Å². The Bertz CT molecular complexity index is 537. The lowest BCUT2D eigenvalue weighted by molar-refractivity contribution is 0.598. The number of pyridine rings is 1. The van der Waals surface area contributed by atoms with Gasteiger partial charge >= 0.3 is 0 Å². The normalized spacial score (nSPS) is 16.2. The highest BCUT2D eigenvalue weighted by Crippen LogP contribution is 2.11. The van der Waals surface area contributed by atoms with Gasteiger partial charge in [0.15, 0.2) is 9.84 Å². The second-order valence-electron chi connectivity index (χ2n) is 4.07. The monoisotopic (exact) mass is 253 g/mol. The first kappa shape index (κ1) is 12.0. The fraction of sp³-hybridized carbons (Fsp3) is 0.455. The molecule has 0 aliphatic carbocycles. The third kappa shape index (κ3) is 3.03. The van der Waals surface area contributed by atoms with Crippen LogP contribution in [0.25, 0.3) is 0 Å². The number of aryl methyl sites for hydroxylation is 1. The lowest BCUT2D eigenvalue weighted by Crippen LogP contribution is -2.34. The minimum atomic E-state index is -3.34. The van der Waals surface area contributed by atoms with Crippen LogP contribution in [0.2, 0.25) is 0 Å². The minimum absolute atomic E-state index is 0.0713. The summed E-state index contributed by atoms with van der Waals surface area (Å²) in [5, 5.41) is 3.01. The Kier molecular flexibility index (Phi) is 3.42. The number of hydrogen-bond donors (Lipinski definition) is 1. The van der Waals surface area contributed by atoms with Crippen molar-refractivity contribution in [3.63, 3.8) is 0 Å². The molecule has 1 N–H and O–H groups in total. The van der Waals surface area contributed by atoms with Crippen molar-refractivity contribution in [2.75, 3.05) is 18.8 Å². The van der Waals surface area contributed by atoms with E-state index in [1.54, 1.807) is 12.3 Å². The van der Waals surface area contributed by atoms with Crippen LogP contribution in [0.15, 0.2) is 28.3 Å². The highest BCUT2D eigenvalue weighted by molar-refractivity contribution is 7.92. The predicted octanol–water partition coefficient (Wildman–Crippen LogP) is 0.556. The van der Waals surface area contributed by atoms with Crippen molar-refractivity contribution in [2.24, 2.45) is 4.99 Å². The Balaban J connectivity index is 2.22. The van der Waals surface area contributed by atoms with Crippen molar-refractivity contribution in [3.8, 4) is 0 Å². The number of sulfone groups is 1. The van der Waals surface area contributed by atoms with Gasteiger partial charge in [-0.3, -0.25) is 9.98 Å². The van der Waals surface area contributed by atoms with Gasteiger partial charge in [0.25, 0.3) is 0 Å². The Labute approximate surface area is 101 Å². The molecule has 0 saturated carbocycles. The summed E-state index contributed by atoms with van der Waals surface area (Å²) < 4.78 is 24.2. The van der Waals surface area contributed by atoms with Gasteiger partial charge in [-0.05, 0) is 25.0 Å². The van der Waals surface area contributed by atoms with Crippen LogP contribution in [0.4, 0.5) is 0 Å². The van der Waals surface area contributed by atoms with Gasteiger partial charge in [0.1, 0.15) is 11.6 Å². The first-order chi connectivity index (χ1) is 8.08. The molecule has 1 aromatic heterocycles. The van der Waals surface area contributed by atoms with Crippen molar-refractivity contribution >= 4 is 15.7 Å². The van der Waals surface area contributed by atoms with Crippen molar-refractivity contribution in [2.45, 2.75) is 18.2 Å². The summed E-state index contributed by atoms with van der Waals surface area (Å²) in [7, 11) is -3.34. The maximum atomic E-state index is 12.1. The molecule has 6 heteroatoms. The number of aromatic nitrogens is 1. The second-order valence-corrected chi connectivity index (χ2v) is 6.06. The largest absolute Gasteiger partial charge is 0.373 e. The van der Waals surface area contributed by atoms with E-state index in [0.29, 0.717) is 12.4 Å². The molecular weight excluding hydrogens is 238 g/mol. The number of hydrogen-bond acceptors (Lipinski definition) is 5. The maximum absolute atomic E-state index is 12.1. The maximum Gasteiger partial charge on any atom is 0.187 e. The predicted molar refractivity (Wildman–Crippen MR) is 65.9 cm³/mol.